The number of rotatable bonds is 4. The van der Waals surface area contributed by atoms with Gasteiger partial charge in [0.2, 0.25) is 5.91 Å². The quantitative estimate of drug-likeness (QED) is 0.608. The lowest BCUT2D eigenvalue weighted by Crippen LogP contribution is -2.54. The molecule has 27 heavy (non-hydrogen) atoms. The van der Waals surface area contributed by atoms with Gasteiger partial charge in [0.15, 0.2) is 5.96 Å². The van der Waals surface area contributed by atoms with Gasteiger partial charge >= 0.3 is 0 Å². The molecule has 150 valence electrons. The van der Waals surface area contributed by atoms with E-state index >= 15 is 0 Å². The Kier molecular flexibility index (Phi) is 6.36. The highest BCUT2D eigenvalue weighted by molar-refractivity contribution is 5.80. The number of hydrogen-bond donors (Lipinski definition) is 1. The Bertz CT molecular complexity index is 682. The summed E-state index contributed by atoms with van der Waals surface area (Å²) >= 11 is 0. The molecule has 0 spiro atoms. The molecule has 0 unspecified atom stereocenters. The standard InChI is InChI=1S/C19H33N7O/c1-15-17(16(2)23(4)22-15)13-21-19(20-3)26-11-9-24(10-12-26)14-18(27)25-7-5-6-8-25/h5-14H2,1-4H3,(H,20,21). The molecule has 2 aliphatic heterocycles. The van der Waals surface area contributed by atoms with Crippen molar-refractivity contribution in [3.63, 3.8) is 0 Å². The van der Waals surface area contributed by atoms with Crippen LogP contribution in [0.4, 0.5) is 0 Å². The van der Waals surface area contributed by atoms with E-state index in [9.17, 15) is 4.79 Å². The third-order valence-electron chi connectivity index (χ3n) is 5.78. The van der Waals surface area contributed by atoms with Crippen LogP contribution in [0.3, 0.4) is 0 Å². The fourth-order valence-corrected chi connectivity index (χ4v) is 3.95. The number of guanidine groups is 1. The highest BCUT2D eigenvalue weighted by Gasteiger charge is 2.24. The maximum Gasteiger partial charge on any atom is 0.236 e. The number of piperazine rings is 1. The Morgan fingerprint density at radius 1 is 1.07 bits per heavy atom. The maximum absolute atomic E-state index is 12.3. The van der Waals surface area contributed by atoms with Gasteiger partial charge in [-0.2, -0.15) is 5.10 Å². The number of carbonyl (C=O) groups excluding carboxylic acids is 1. The third kappa shape index (κ3) is 4.61. The Morgan fingerprint density at radius 3 is 2.30 bits per heavy atom. The van der Waals surface area contributed by atoms with Crippen molar-refractivity contribution in [1.29, 1.82) is 0 Å². The van der Waals surface area contributed by atoms with E-state index in [4.69, 9.17) is 0 Å². The largest absolute Gasteiger partial charge is 0.352 e. The lowest BCUT2D eigenvalue weighted by atomic mass is 10.2. The number of nitrogens with zero attached hydrogens (tertiary/aromatic N) is 6. The van der Waals surface area contributed by atoms with E-state index in [-0.39, 0.29) is 5.91 Å². The summed E-state index contributed by atoms with van der Waals surface area (Å²) in [7, 11) is 3.80. The Labute approximate surface area is 162 Å². The van der Waals surface area contributed by atoms with E-state index in [1.165, 1.54) is 11.3 Å². The van der Waals surface area contributed by atoms with E-state index in [0.717, 1.165) is 70.3 Å². The molecule has 3 heterocycles. The summed E-state index contributed by atoms with van der Waals surface area (Å²) in [5, 5.41) is 7.96. The first-order chi connectivity index (χ1) is 13.0. The van der Waals surface area contributed by atoms with Crippen molar-refractivity contribution in [2.24, 2.45) is 12.0 Å². The smallest absolute Gasteiger partial charge is 0.236 e. The summed E-state index contributed by atoms with van der Waals surface area (Å²) < 4.78 is 1.92. The van der Waals surface area contributed by atoms with Gasteiger partial charge in [0.1, 0.15) is 0 Å². The molecule has 1 aromatic heterocycles. The van der Waals surface area contributed by atoms with E-state index in [1.807, 2.05) is 30.6 Å². The van der Waals surface area contributed by atoms with Crippen LogP contribution in [0.15, 0.2) is 4.99 Å². The number of aryl methyl sites for hydroxylation is 2. The van der Waals surface area contributed by atoms with Crippen LogP contribution in [-0.2, 0) is 18.4 Å². The predicted molar refractivity (Wildman–Crippen MR) is 107 cm³/mol. The molecular weight excluding hydrogens is 342 g/mol. The molecule has 1 amide bonds. The lowest BCUT2D eigenvalue weighted by molar-refractivity contribution is -0.131. The van der Waals surface area contributed by atoms with Gasteiger partial charge in [-0.05, 0) is 26.7 Å². The van der Waals surface area contributed by atoms with E-state index < -0.39 is 0 Å². The molecule has 8 nitrogen and oxygen atoms in total. The van der Waals surface area contributed by atoms with Crippen LogP contribution >= 0.6 is 0 Å². The molecule has 1 aromatic rings. The first-order valence-corrected chi connectivity index (χ1v) is 9.94. The third-order valence-corrected chi connectivity index (χ3v) is 5.78. The molecule has 0 aromatic carbocycles. The maximum atomic E-state index is 12.3. The van der Waals surface area contributed by atoms with Crippen LogP contribution in [0.5, 0.6) is 0 Å². The summed E-state index contributed by atoms with van der Waals surface area (Å²) in [4.78, 5) is 23.3. The molecule has 0 bridgehead atoms. The average Bonchev–Trinajstić information content (AvgIpc) is 3.27. The molecule has 0 aliphatic carbocycles. The first kappa shape index (κ1) is 19.7. The first-order valence-electron chi connectivity index (χ1n) is 9.94. The molecule has 0 radical (unpaired) electrons. The van der Waals surface area contributed by atoms with Gasteiger partial charge < -0.3 is 15.1 Å². The molecule has 2 fully saturated rings. The van der Waals surface area contributed by atoms with Gasteiger partial charge in [-0.3, -0.25) is 19.4 Å². The Balaban J connectivity index is 1.47. The number of likely N-dealkylation sites (tertiary alicyclic amines) is 1. The fraction of sp³-hybridized carbons (Fsp3) is 0.737. The zero-order chi connectivity index (χ0) is 19.4. The molecule has 0 saturated carbocycles. The van der Waals surface area contributed by atoms with Crippen LogP contribution in [0.25, 0.3) is 0 Å². The average molecular weight is 376 g/mol. The summed E-state index contributed by atoms with van der Waals surface area (Å²) in [6.07, 6.45) is 2.30. The van der Waals surface area contributed by atoms with Gasteiger partial charge in [0.25, 0.3) is 0 Å². The van der Waals surface area contributed by atoms with Crippen molar-refractivity contribution in [3.8, 4) is 0 Å². The molecule has 1 N–H and O–H groups in total. The summed E-state index contributed by atoms with van der Waals surface area (Å²) in [6, 6.07) is 0. The minimum absolute atomic E-state index is 0.283. The summed E-state index contributed by atoms with van der Waals surface area (Å²) in [5.41, 5.74) is 3.47. The van der Waals surface area contributed by atoms with Crippen LogP contribution in [0.1, 0.15) is 29.8 Å². The number of nitrogens with one attached hydrogen (secondary N) is 1. The minimum Gasteiger partial charge on any atom is -0.352 e. The highest BCUT2D eigenvalue weighted by Crippen LogP contribution is 2.12. The van der Waals surface area contributed by atoms with Crippen molar-refractivity contribution in [2.45, 2.75) is 33.2 Å². The highest BCUT2D eigenvalue weighted by atomic mass is 16.2. The Morgan fingerprint density at radius 2 is 1.74 bits per heavy atom. The minimum atomic E-state index is 0.283. The molecule has 2 aliphatic rings. The molecule has 3 rings (SSSR count). The van der Waals surface area contributed by atoms with Crippen LogP contribution < -0.4 is 5.32 Å². The normalized spacial score (nSPS) is 19.0. The van der Waals surface area contributed by atoms with Crippen molar-refractivity contribution >= 4 is 11.9 Å². The van der Waals surface area contributed by atoms with Gasteiger partial charge in [-0.15, -0.1) is 0 Å². The topological polar surface area (TPSA) is 69.0 Å². The molecule has 2 saturated heterocycles. The monoisotopic (exact) mass is 375 g/mol. The molecular formula is C19H33N7O. The van der Waals surface area contributed by atoms with Crippen molar-refractivity contribution in [1.82, 2.24) is 29.8 Å². The van der Waals surface area contributed by atoms with Gasteiger partial charge in [-0.25, -0.2) is 0 Å². The number of aromatic nitrogens is 2. The zero-order valence-corrected chi connectivity index (χ0v) is 17.2. The van der Waals surface area contributed by atoms with Crippen LogP contribution in [0.2, 0.25) is 0 Å². The van der Waals surface area contributed by atoms with Gasteiger partial charge in [-0.1, -0.05) is 0 Å². The van der Waals surface area contributed by atoms with Crippen molar-refractivity contribution in [2.75, 3.05) is 52.9 Å². The van der Waals surface area contributed by atoms with Gasteiger partial charge in [0, 0.05) is 71.2 Å². The SMILES string of the molecule is CN=C(NCc1c(C)nn(C)c1C)N1CCN(CC(=O)N2CCCC2)CC1. The zero-order valence-electron chi connectivity index (χ0n) is 17.2. The Hall–Kier alpha value is -2.09. The van der Waals surface area contributed by atoms with Crippen molar-refractivity contribution in [3.05, 3.63) is 17.0 Å². The number of aliphatic imine (C=N–C) groups is 1. The fourth-order valence-electron chi connectivity index (χ4n) is 3.95. The van der Waals surface area contributed by atoms with Crippen LogP contribution in [0, 0.1) is 13.8 Å². The predicted octanol–water partition coefficient (Wildman–Crippen LogP) is 0.352. The molecule has 0 atom stereocenters. The number of amides is 1. The lowest BCUT2D eigenvalue weighted by Gasteiger charge is -2.36. The summed E-state index contributed by atoms with van der Waals surface area (Å²) in [5.74, 6) is 1.20. The van der Waals surface area contributed by atoms with E-state index in [2.05, 4.69) is 32.1 Å². The second-order valence-electron chi connectivity index (χ2n) is 7.52. The van der Waals surface area contributed by atoms with Crippen molar-refractivity contribution < 1.29 is 4.79 Å². The number of hydrogen-bond acceptors (Lipinski definition) is 4. The molecule has 8 heteroatoms. The second-order valence-corrected chi connectivity index (χ2v) is 7.52. The summed E-state index contributed by atoms with van der Waals surface area (Å²) in [6.45, 7) is 10.8. The van der Waals surface area contributed by atoms with Gasteiger partial charge in [0.05, 0.1) is 12.2 Å². The van der Waals surface area contributed by atoms with Crippen LogP contribution in [-0.4, -0.2) is 89.2 Å². The second kappa shape index (κ2) is 8.73. The van der Waals surface area contributed by atoms with E-state index in [0.29, 0.717) is 6.54 Å². The number of carbonyl (C=O) groups is 1. The van der Waals surface area contributed by atoms with E-state index in [1.54, 1.807) is 0 Å².